The van der Waals surface area contributed by atoms with Gasteiger partial charge in [0.15, 0.2) is 6.10 Å². The second-order valence-electron chi connectivity index (χ2n) is 2.78. The first-order valence-electron chi connectivity index (χ1n) is 5.07. The van der Waals surface area contributed by atoms with Gasteiger partial charge in [0.1, 0.15) is 0 Å². The van der Waals surface area contributed by atoms with Crippen molar-refractivity contribution in [2.75, 3.05) is 6.54 Å². The molecule has 1 unspecified atom stereocenters. The second kappa shape index (κ2) is 6.16. The maximum atomic E-state index is 11.3. The summed E-state index contributed by atoms with van der Waals surface area (Å²) in [6.45, 7) is 7.24. The molecule has 1 fully saturated rings. The number of carbonyl (C=O) groups is 3. The van der Waals surface area contributed by atoms with Crippen LogP contribution in [0.25, 0.3) is 0 Å². The lowest BCUT2D eigenvalue weighted by atomic mass is 10.3. The minimum Gasteiger partial charge on any atom is -0.452 e. The number of imide groups is 1. The molecule has 0 aromatic rings. The van der Waals surface area contributed by atoms with Gasteiger partial charge < -0.3 is 4.74 Å². The van der Waals surface area contributed by atoms with Crippen molar-refractivity contribution in [1.29, 1.82) is 0 Å². The van der Waals surface area contributed by atoms with Gasteiger partial charge in [-0.05, 0) is 6.92 Å². The Hall–Kier alpha value is -1.39. The van der Waals surface area contributed by atoms with E-state index in [9.17, 15) is 14.4 Å². The number of ether oxygens (including phenoxy) is 1. The quantitative estimate of drug-likeness (QED) is 0.503. The van der Waals surface area contributed by atoms with Gasteiger partial charge in [0.05, 0.1) is 6.42 Å². The fourth-order valence-electron chi connectivity index (χ4n) is 1.28. The molecule has 1 atom stereocenters. The highest BCUT2D eigenvalue weighted by Crippen LogP contribution is 2.15. The molecule has 1 aliphatic heterocycles. The predicted molar refractivity (Wildman–Crippen MR) is 53.9 cm³/mol. The molecular weight excluding hydrogens is 198 g/mol. The van der Waals surface area contributed by atoms with E-state index in [4.69, 9.17) is 0 Å². The molecule has 1 heterocycles. The lowest BCUT2D eigenvalue weighted by molar-refractivity contribution is -0.154. The van der Waals surface area contributed by atoms with Gasteiger partial charge >= 0.3 is 5.97 Å². The van der Waals surface area contributed by atoms with E-state index in [-0.39, 0.29) is 12.3 Å². The van der Waals surface area contributed by atoms with Gasteiger partial charge in [-0.15, -0.1) is 0 Å². The fraction of sp³-hybridized carbons (Fsp3) is 0.700. The highest BCUT2D eigenvalue weighted by atomic mass is 16.5. The minimum absolute atomic E-state index is 0.0216. The molecule has 2 amide bonds. The lowest BCUT2D eigenvalue weighted by Crippen LogP contribution is -2.33. The first kappa shape index (κ1) is 13.6. The smallest absolute Gasteiger partial charge is 0.303 e. The standard InChI is InChI=1S/C8H11NO4.C2H6/c1-3-9-7(11)4-6(8(9)12)13-5(2)10;1-2/h6H,3-4H2,1-2H3;1-2H3. The Morgan fingerprint density at radius 1 is 1.47 bits per heavy atom. The van der Waals surface area contributed by atoms with E-state index in [0.717, 1.165) is 4.90 Å². The summed E-state index contributed by atoms with van der Waals surface area (Å²) in [5.41, 5.74) is 0. The van der Waals surface area contributed by atoms with Crippen LogP contribution < -0.4 is 0 Å². The molecule has 86 valence electrons. The molecule has 0 bridgehead atoms. The normalized spacial score (nSPS) is 19.7. The molecule has 0 radical (unpaired) electrons. The predicted octanol–water partition coefficient (Wildman–Crippen LogP) is 0.723. The first-order chi connectivity index (χ1) is 7.06. The number of nitrogens with zero attached hydrogens (tertiary/aromatic N) is 1. The summed E-state index contributed by atoms with van der Waals surface area (Å²) in [5.74, 6) is -1.23. The van der Waals surface area contributed by atoms with Gasteiger partial charge in [-0.3, -0.25) is 19.3 Å². The maximum absolute atomic E-state index is 11.3. The molecule has 0 aromatic carbocycles. The zero-order valence-corrected chi connectivity index (χ0v) is 9.57. The molecule has 0 spiro atoms. The van der Waals surface area contributed by atoms with E-state index in [0.29, 0.717) is 6.54 Å². The number of likely N-dealkylation sites (N-methyl/N-ethyl adjacent to an activating group) is 1. The summed E-state index contributed by atoms with van der Waals surface area (Å²) >= 11 is 0. The van der Waals surface area contributed by atoms with Crippen molar-refractivity contribution >= 4 is 17.8 Å². The molecule has 1 rings (SSSR count). The van der Waals surface area contributed by atoms with Gasteiger partial charge in [0.2, 0.25) is 5.91 Å². The van der Waals surface area contributed by atoms with Crippen molar-refractivity contribution < 1.29 is 19.1 Å². The monoisotopic (exact) mass is 215 g/mol. The molecule has 0 N–H and O–H groups in total. The molecule has 1 aliphatic rings. The number of hydrogen-bond donors (Lipinski definition) is 0. The largest absolute Gasteiger partial charge is 0.452 e. The number of carbonyl (C=O) groups excluding carboxylic acids is 3. The van der Waals surface area contributed by atoms with Crippen LogP contribution in [0.3, 0.4) is 0 Å². The Morgan fingerprint density at radius 2 is 2.00 bits per heavy atom. The third kappa shape index (κ3) is 3.34. The van der Waals surface area contributed by atoms with Crippen LogP contribution in [0.4, 0.5) is 0 Å². The summed E-state index contributed by atoms with van der Waals surface area (Å²) in [4.78, 5) is 34.1. The third-order valence-corrected chi connectivity index (χ3v) is 1.83. The zero-order valence-electron chi connectivity index (χ0n) is 9.57. The summed E-state index contributed by atoms with van der Waals surface area (Å²) in [6, 6.07) is 0. The summed E-state index contributed by atoms with van der Waals surface area (Å²) in [6.07, 6.45) is -0.920. The van der Waals surface area contributed by atoms with Crippen LogP contribution in [0.1, 0.15) is 34.1 Å². The van der Waals surface area contributed by atoms with Crippen molar-refractivity contribution in [2.24, 2.45) is 0 Å². The third-order valence-electron chi connectivity index (χ3n) is 1.83. The number of rotatable bonds is 2. The Morgan fingerprint density at radius 3 is 2.33 bits per heavy atom. The van der Waals surface area contributed by atoms with Gasteiger partial charge in [0, 0.05) is 13.5 Å². The van der Waals surface area contributed by atoms with E-state index in [2.05, 4.69) is 4.74 Å². The fourth-order valence-corrected chi connectivity index (χ4v) is 1.28. The Labute approximate surface area is 89.4 Å². The summed E-state index contributed by atoms with van der Waals surface area (Å²) in [7, 11) is 0. The second-order valence-corrected chi connectivity index (χ2v) is 2.78. The van der Waals surface area contributed by atoms with E-state index in [1.54, 1.807) is 6.92 Å². The van der Waals surface area contributed by atoms with Crippen molar-refractivity contribution in [3.63, 3.8) is 0 Å². The van der Waals surface area contributed by atoms with E-state index in [1.165, 1.54) is 6.92 Å². The van der Waals surface area contributed by atoms with E-state index >= 15 is 0 Å². The Balaban J connectivity index is 0.000000921. The molecular formula is C10H17NO4. The Kier molecular flexibility index (Phi) is 5.59. The highest BCUT2D eigenvalue weighted by molar-refractivity contribution is 6.05. The van der Waals surface area contributed by atoms with Crippen molar-refractivity contribution in [1.82, 2.24) is 4.90 Å². The van der Waals surface area contributed by atoms with Crippen LogP contribution in [-0.2, 0) is 19.1 Å². The summed E-state index contributed by atoms with van der Waals surface area (Å²) in [5, 5.41) is 0. The first-order valence-corrected chi connectivity index (χ1v) is 5.07. The molecule has 0 aromatic heterocycles. The van der Waals surface area contributed by atoms with E-state index in [1.807, 2.05) is 13.8 Å². The Bertz CT molecular complexity index is 262. The molecule has 0 aliphatic carbocycles. The minimum atomic E-state index is -0.898. The van der Waals surface area contributed by atoms with Crippen LogP contribution in [0.2, 0.25) is 0 Å². The number of hydrogen-bond acceptors (Lipinski definition) is 4. The van der Waals surface area contributed by atoms with Crippen LogP contribution in [0, 0.1) is 0 Å². The van der Waals surface area contributed by atoms with Crippen molar-refractivity contribution in [2.45, 2.75) is 40.2 Å². The molecule has 1 saturated heterocycles. The maximum Gasteiger partial charge on any atom is 0.303 e. The topological polar surface area (TPSA) is 63.7 Å². The van der Waals surface area contributed by atoms with Crippen LogP contribution in [0.15, 0.2) is 0 Å². The van der Waals surface area contributed by atoms with Crippen molar-refractivity contribution in [3.05, 3.63) is 0 Å². The van der Waals surface area contributed by atoms with E-state index < -0.39 is 18.0 Å². The average Bonchev–Trinajstić information content (AvgIpc) is 2.44. The number of amides is 2. The van der Waals surface area contributed by atoms with Crippen LogP contribution in [0.5, 0.6) is 0 Å². The van der Waals surface area contributed by atoms with Gasteiger partial charge in [-0.1, -0.05) is 13.8 Å². The number of likely N-dealkylation sites (tertiary alicyclic amines) is 1. The highest BCUT2D eigenvalue weighted by Gasteiger charge is 2.39. The molecule has 5 nitrogen and oxygen atoms in total. The molecule has 5 heteroatoms. The zero-order chi connectivity index (χ0) is 12.0. The average molecular weight is 215 g/mol. The molecule has 0 saturated carbocycles. The number of esters is 1. The van der Waals surface area contributed by atoms with Crippen LogP contribution >= 0.6 is 0 Å². The lowest BCUT2D eigenvalue weighted by Gasteiger charge is -2.11. The van der Waals surface area contributed by atoms with Crippen LogP contribution in [-0.4, -0.2) is 35.3 Å². The van der Waals surface area contributed by atoms with Gasteiger partial charge in [-0.2, -0.15) is 0 Å². The SMILES string of the molecule is CC.CCN1C(=O)CC(OC(C)=O)C1=O. The van der Waals surface area contributed by atoms with Gasteiger partial charge in [-0.25, -0.2) is 0 Å². The molecule has 15 heavy (non-hydrogen) atoms. The summed E-state index contributed by atoms with van der Waals surface area (Å²) < 4.78 is 4.67. The van der Waals surface area contributed by atoms with Gasteiger partial charge in [0.25, 0.3) is 5.91 Å². The van der Waals surface area contributed by atoms with Crippen molar-refractivity contribution in [3.8, 4) is 0 Å².